The van der Waals surface area contributed by atoms with Crippen LogP contribution < -0.4 is 0 Å². The Morgan fingerprint density at radius 2 is 2.32 bits per heavy atom. The number of carbonyl (C=O) groups is 1. The molecular formula is C12H13N3O2S2. The Hall–Kier alpha value is -1.34. The molecule has 100 valence electrons. The number of fused-ring (bicyclic) bond motifs is 1. The second kappa shape index (κ2) is 5.34. The Morgan fingerprint density at radius 1 is 1.47 bits per heavy atom. The number of H-pyrrole nitrogens is 1. The van der Waals surface area contributed by atoms with Crippen LogP contribution in [0.5, 0.6) is 0 Å². The van der Waals surface area contributed by atoms with Gasteiger partial charge < -0.3 is 5.11 Å². The summed E-state index contributed by atoms with van der Waals surface area (Å²) in [4.78, 5) is 17.4. The predicted molar refractivity (Wildman–Crippen MR) is 74.7 cm³/mol. The van der Waals surface area contributed by atoms with Crippen LogP contribution in [0, 0.1) is 0 Å². The zero-order chi connectivity index (χ0) is 13.2. The Kier molecular flexibility index (Phi) is 3.56. The Bertz CT molecular complexity index is 582. The molecule has 2 heterocycles. The molecule has 0 radical (unpaired) electrons. The van der Waals surface area contributed by atoms with Crippen molar-refractivity contribution >= 4 is 29.1 Å². The first-order chi connectivity index (χ1) is 9.22. The smallest absolute Gasteiger partial charge is 0.313 e. The SMILES string of the molecule is O=C(O)CSc1n[nH]c(-c2cc3c(s2)CCCC3)n1. The number of aliphatic carboxylic acids is 1. The molecule has 0 amide bonds. The number of aryl methyl sites for hydroxylation is 2. The second-order valence-electron chi connectivity index (χ2n) is 4.42. The summed E-state index contributed by atoms with van der Waals surface area (Å²) in [5, 5.41) is 16.0. The van der Waals surface area contributed by atoms with E-state index in [0.717, 1.165) is 35.3 Å². The molecule has 19 heavy (non-hydrogen) atoms. The molecule has 0 aliphatic heterocycles. The Balaban J connectivity index is 1.78. The molecule has 7 heteroatoms. The molecular weight excluding hydrogens is 282 g/mol. The first-order valence-corrected chi connectivity index (χ1v) is 7.91. The number of hydrogen-bond acceptors (Lipinski definition) is 5. The second-order valence-corrected chi connectivity index (χ2v) is 6.49. The van der Waals surface area contributed by atoms with Crippen molar-refractivity contribution < 1.29 is 9.90 Å². The van der Waals surface area contributed by atoms with E-state index in [0.29, 0.717) is 5.16 Å². The normalized spacial score (nSPS) is 14.3. The van der Waals surface area contributed by atoms with Gasteiger partial charge in [-0.1, -0.05) is 11.8 Å². The van der Waals surface area contributed by atoms with E-state index in [4.69, 9.17) is 5.11 Å². The third kappa shape index (κ3) is 2.82. The molecule has 2 aromatic rings. The van der Waals surface area contributed by atoms with Crippen LogP contribution in [0.1, 0.15) is 23.3 Å². The lowest BCUT2D eigenvalue weighted by Gasteiger charge is -2.08. The summed E-state index contributed by atoms with van der Waals surface area (Å²) in [5.41, 5.74) is 1.43. The first-order valence-electron chi connectivity index (χ1n) is 6.11. The van der Waals surface area contributed by atoms with Crippen molar-refractivity contribution in [2.45, 2.75) is 30.8 Å². The Morgan fingerprint density at radius 3 is 3.11 bits per heavy atom. The summed E-state index contributed by atoms with van der Waals surface area (Å²) in [6.45, 7) is 0. The van der Waals surface area contributed by atoms with Gasteiger partial charge in [-0.2, -0.15) is 0 Å². The number of aromatic nitrogens is 3. The van der Waals surface area contributed by atoms with E-state index < -0.39 is 5.97 Å². The third-order valence-electron chi connectivity index (χ3n) is 3.02. The van der Waals surface area contributed by atoms with Gasteiger partial charge in [0, 0.05) is 4.88 Å². The molecule has 0 saturated carbocycles. The van der Waals surface area contributed by atoms with E-state index in [9.17, 15) is 4.79 Å². The first kappa shape index (κ1) is 12.7. The molecule has 0 spiro atoms. The fourth-order valence-electron chi connectivity index (χ4n) is 2.15. The predicted octanol–water partition coefficient (Wildman–Crippen LogP) is 2.59. The third-order valence-corrected chi connectivity index (χ3v) is 5.10. The average molecular weight is 295 g/mol. The van der Waals surface area contributed by atoms with E-state index in [1.165, 1.54) is 23.3 Å². The zero-order valence-corrected chi connectivity index (χ0v) is 11.8. The molecule has 5 nitrogen and oxygen atoms in total. The van der Waals surface area contributed by atoms with Crippen LogP contribution in [0.25, 0.3) is 10.7 Å². The van der Waals surface area contributed by atoms with Crippen molar-refractivity contribution in [3.05, 3.63) is 16.5 Å². The summed E-state index contributed by atoms with van der Waals surface area (Å²) in [7, 11) is 0. The van der Waals surface area contributed by atoms with Gasteiger partial charge in [0.1, 0.15) is 0 Å². The van der Waals surface area contributed by atoms with Gasteiger partial charge in [-0.25, -0.2) is 4.98 Å². The van der Waals surface area contributed by atoms with E-state index in [2.05, 4.69) is 21.2 Å². The van der Waals surface area contributed by atoms with Gasteiger partial charge in [0.2, 0.25) is 5.16 Å². The molecule has 0 unspecified atom stereocenters. The Labute approximate surface area is 118 Å². The number of thioether (sulfide) groups is 1. The summed E-state index contributed by atoms with van der Waals surface area (Å²) in [6, 6.07) is 2.19. The van der Waals surface area contributed by atoms with Crippen molar-refractivity contribution in [2.75, 3.05) is 5.75 Å². The number of thiophene rings is 1. The molecule has 1 aliphatic rings. The minimum atomic E-state index is -0.858. The van der Waals surface area contributed by atoms with Crippen LogP contribution in [0.15, 0.2) is 11.2 Å². The number of rotatable bonds is 4. The molecule has 0 atom stereocenters. The summed E-state index contributed by atoms with van der Waals surface area (Å²) < 4.78 is 0. The molecule has 0 fully saturated rings. The van der Waals surface area contributed by atoms with E-state index in [-0.39, 0.29) is 5.75 Å². The molecule has 0 saturated heterocycles. The fraction of sp³-hybridized carbons (Fsp3) is 0.417. The topological polar surface area (TPSA) is 78.9 Å². The summed E-state index contributed by atoms with van der Waals surface area (Å²) >= 11 is 2.90. The van der Waals surface area contributed by atoms with Gasteiger partial charge in [0.25, 0.3) is 0 Å². The standard InChI is InChI=1S/C12H13N3O2S2/c16-10(17)6-18-12-13-11(14-15-12)9-5-7-3-1-2-4-8(7)19-9/h5H,1-4,6H2,(H,16,17)(H,13,14,15). The molecule has 1 aliphatic carbocycles. The molecule has 2 N–H and O–H groups in total. The average Bonchev–Trinajstić information content (AvgIpc) is 3.02. The number of nitrogens with zero attached hydrogens (tertiary/aromatic N) is 2. The molecule has 3 rings (SSSR count). The van der Waals surface area contributed by atoms with Gasteiger partial charge in [-0.15, -0.1) is 16.4 Å². The monoisotopic (exact) mass is 295 g/mol. The van der Waals surface area contributed by atoms with Crippen LogP contribution in [-0.2, 0) is 17.6 Å². The number of carboxylic acids is 1. The van der Waals surface area contributed by atoms with Gasteiger partial charge in [-0.05, 0) is 37.3 Å². The van der Waals surface area contributed by atoms with Crippen molar-refractivity contribution in [2.24, 2.45) is 0 Å². The van der Waals surface area contributed by atoms with Crippen LogP contribution in [0.4, 0.5) is 0 Å². The maximum absolute atomic E-state index is 10.5. The van der Waals surface area contributed by atoms with E-state index in [1.54, 1.807) is 11.3 Å². The lowest BCUT2D eigenvalue weighted by Crippen LogP contribution is -1.97. The van der Waals surface area contributed by atoms with Crippen LogP contribution in [0.2, 0.25) is 0 Å². The highest BCUT2D eigenvalue weighted by molar-refractivity contribution is 7.99. The quantitative estimate of drug-likeness (QED) is 0.848. The highest BCUT2D eigenvalue weighted by atomic mass is 32.2. The van der Waals surface area contributed by atoms with Gasteiger partial charge in [0.15, 0.2) is 5.82 Å². The lowest BCUT2D eigenvalue weighted by molar-refractivity contribution is -0.133. The van der Waals surface area contributed by atoms with Crippen molar-refractivity contribution in [3.8, 4) is 10.7 Å². The number of hydrogen-bond donors (Lipinski definition) is 2. The minimum Gasteiger partial charge on any atom is -0.481 e. The zero-order valence-electron chi connectivity index (χ0n) is 10.2. The van der Waals surface area contributed by atoms with E-state index >= 15 is 0 Å². The van der Waals surface area contributed by atoms with E-state index in [1.807, 2.05) is 0 Å². The van der Waals surface area contributed by atoms with Gasteiger partial charge in [0.05, 0.1) is 10.6 Å². The largest absolute Gasteiger partial charge is 0.481 e. The number of nitrogens with one attached hydrogen (secondary N) is 1. The highest BCUT2D eigenvalue weighted by Gasteiger charge is 2.16. The minimum absolute atomic E-state index is 0.0156. The fourth-order valence-corrected chi connectivity index (χ4v) is 3.87. The van der Waals surface area contributed by atoms with Crippen LogP contribution in [0.3, 0.4) is 0 Å². The summed E-state index contributed by atoms with van der Waals surface area (Å²) in [5.74, 6) is -0.131. The van der Waals surface area contributed by atoms with Gasteiger partial charge >= 0.3 is 5.97 Å². The molecule has 0 aromatic carbocycles. The number of aromatic amines is 1. The van der Waals surface area contributed by atoms with Crippen molar-refractivity contribution in [3.63, 3.8) is 0 Å². The molecule has 0 bridgehead atoms. The van der Waals surface area contributed by atoms with Crippen molar-refractivity contribution in [1.82, 2.24) is 15.2 Å². The summed E-state index contributed by atoms with van der Waals surface area (Å²) in [6.07, 6.45) is 4.84. The molecule has 2 aromatic heterocycles. The number of carboxylic acid groups (broad SMARTS) is 1. The maximum Gasteiger partial charge on any atom is 0.313 e. The van der Waals surface area contributed by atoms with Gasteiger partial charge in [-0.3, -0.25) is 9.89 Å². The highest BCUT2D eigenvalue weighted by Crippen LogP contribution is 2.34. The lowest BCUT2D eigenvalue weighted by atomic mass is 9.99. The van der Waals surface area contributed by atoms with Crippen LogP contribution >= 0.6 is 23.1 Å². The van der Waals surface area contributed by atoms with Crippen LogP contribution in [-0.4, -0.2) is 32.0 Å². The van der Waals surface area contributed by atoms with Crippen molar-refractivity contribution in [1.29, 1.82) is 0 Å². The maximum atomic E-state index is 10.5.